The summed E-state index contributed by atoms with van der Waals surface area (Å²) in [4.78, 5) is 5.81. The molecule has 0 aliphatic carbocycles. The van der Waals surface area contributed by atoms with Crippen molar-refractivity contribution in [2.75, 3.05) is 5.75 Å². The van der Waals surface area contributed by atoms with E-state index in [0.29, 0.717) is 6.54 Å². The summed E-state index contributed by atoms with van der Waals surface area (Å²) >= 11 is 6.96. The van der Waals surface area contributed by atoms with E-state index in [2.05, 4.69) is 52.1 Å². The maximum Gasteiger partial charge on any atom is 0.124 e. The minimum Gasteiger partial charge on any atom is -0.325 e. The van der Waals surface area contributed by atoms with Gasteiger partial charge in [-0.25, -0.2) is 4.98 Å². The second-order valence-corrected chi connectivity index (χ2v) is 7.06. The summed E-state index contributed by atoms with van der Waals surface area (Å²) in [7, 11) is 0. The molecule has 0 radical (unpaired) electrons. The molecule has 0 atom stereocenters. The molecule has 1 heterocycles. The highest BCUT2D eigenvalue weighted by Gasteiger charge is 2.09. The highest BCUT2D eigenvalue weighted by Crippen LogP contribution is 2.32. The lowest BCUT2D eigenvalue weighted by Gasteiger charge is -1.99. The highest BCUT2D eigenvalue weighted by atomic mass is 79.9. The van der Waals surface area contributed by atoms with Gasteiger partial charge in [0.15, 0.2) is 0 Å². The van der Waals surface area contributed by atoms with Crippen LogP contribution in [0.1, 0.15) is 12.6 Å². The number of rotatable bonds is 4. The Morgan fingerprint density at radius 2 is 2.06 bits per heavy atom. The number of thiazole rings is 1. The van der Waals surface area contributed by atoms with Gasteiger partial charge >= 0.3 is 0 Å². The molecule has 0 amide bonds. The summed E-state index contributed by atoms with van der Waals surface area (Å²) in [6, 6.07) is 8.51. The van der Waals surface area contributed by atoms with E-state index < -0.39 is 0 Å². The third-order valence-electron chi connectivity index (χ3n) is 2.26. The summed E-state index contributed by atoms with van der Waals surface area (Å²) in [5.74, 6) is 1.10. The van der Waals surface area contributed by atoms with Crippen molar-refractivity contribution in [1.82, 2.24) is 4.98 Å². The minimum absolute atomic E-state index is 0.473. The first kappa shape index (κ1) is 13.1. The van der Waals surface area contributed by atoms with E-state index in [1.165, 1.54) is 4.90 Å². The van der Waals surface area contributed by atoms with Crippen molar-refractivity contribution in [1.29, 1.82) is 0 Å². The van der Waals surface area contributed by atoms with Gasteiger partial charge in [0.2, 0.25) is 0 Å². The van der Waals surface area contributed by atoms with Crippen molar-refractivity contribution in [2.24, 2.45) is 5.73 Å². The molecule has 0 bridgehead atoms. The van der Waals surface area contributed by atoms with E-state index in [1.807, 2.05) is 11.8 Å². The summed E-state index contributed by atoms with van der Waals surface area (Å²) in [5, 5.41) is 1.02. The van der Waals surface area contributed by atoms with Gasteiger partial charge in [0, 0.05) is 17.0 Å². The van der Waals surface area contributed by atoms with Crippen molar-refractivity contribution in [2.45, 2.75) is 18.4 Å². The van der Waals surface area contributed by atoms with Crippen LogP contribution in [0.25, 0.3) is 10.6 Å². The van der Waals surface area contributed by atoms with E-state index in [4.69, 9.17) is 5.73 Å². The lowest BCUT2D eigenvalue weighted by Crippen LogP contribution is -1.96. The molecule has 0 spiro atoms. The Bertz CT molecular complexity index is 494. The Balaban J connectivity index is 2.26. The monoisotopic (exact) mass is 328 g/mol. The van der Waals surface area contributed by atoms with Gasteiger partial charge in [-0.15, -0.1) is 23.1 Å². The molecule has 2 N–H and O–H groups in total. The molecule has 90 valence electrons. The van der Waals surface area contributed by atoms with Crippen molar-refractivity contribution < 1.29 is 0 Å². The second kappa shape index (κ2) is 6.00. The van der Waals surface area contributed by atoms with E-state index in [-0.39, 0.29) is 0 Å². The number of nitrogens with zero attached hydrogens (tertiary/aromatic N) is 1. The molecule has 0 aliphatic rings. The van der Waals surface area contributed by atoms with Gasteiger partial charge in [0.05, 0.1) is 9.48 Å². The minimum atomic E-state index is 0.473. The summed E-state index contributed by atoms with van der Waals surface area (Å²) in [6.07, 6.45) is 0. The van der Waals surface area contributed by atoms with Gasteiger partial charge in [0.1, 0.15) is 5.01 Å². The molecule has 0 fully saturated rings. The van der Waals surface area contributed by atoms with Crippen LogP contribution in [-0.4, -0.2) is 10.7 Å². The molecule has 17 heavy (non-hydrogen) atoms. The largest absolute Gasteiger partial charge is 0.325 e. The van der Waals surface area contributed by atoms with E-state index in [0.717, 1.165) is 25.8 Å². The van der Waals surface area contributed by atoms with Gasteiger partial charge in [-0.05, 0) is 33.8 Å². The van der Waals surface area contributed by atoms with Gasteiger partial charge < -0.3 is 5.73 Å². The molecular weight excluding hydrogens is 316 g/mol. The average Bonchev–Trinajstić information content (AvgIpc) is 2.72. The van der Waals surface area contributed by atoms with Crippen molar-refractivity contribution >= 4 is 39.0 Å². The first-order chi connectivity index (χ1) is 8.24. The van der Waals surface area contributed by atoms with Gasteiger partial charge in [-0.2, -0.15) is 0 Å². The van der Waals surface area contributed by atoms with E-state index in [1.54, 1.807) is 11.3 Å². The summed E-state index contributed by atoms with van der Waals surface area (Å²) in [5.41, 5.74) is 7.69. The van der Waals surface area contributed by atoms with E-state index >= 15 is 0 Å². The molecule has 1 aromatic heterocycles. The average molecular weight is 329 g/mol. The molecular formula is C12H13BrN2S2. The fourth-order valence-corrected chi connectivity index (χ4v) is 3.64. The molecule has 1 aromatic carbocycles. The number of hydrogen-bond donors (Lipinski definition) is 1. The quantitative estimate of drug-likeness (QED) is 0.857. The van der Waals surface area contributed by atoms with Crippen LogP contribution in [0, 0.1) is 0 Å². The lowest BCUT2D eigenvalue weighted by atomic mass is 10.2. The molecule has 0 aliphatic heterocycles. The molecule has 2 nitrogen and oxygen atoms in total. The van der Waals surface area contributed by atoms with Crippen LogP contribution in [0.15, 0.2) is 32.9 Å². The Hall–Kier alpha value is -0.360. The predicted octanol–water partition coefficient (Wildman–Crippen LogP) is 4.14. The number of halogens is 1. The molecule has 0 saturated carbocycles. The Labute approximate surface area is 118 Å². The van der Waals surface area contributed by atoms with Gasteiger partial charge in [0.25, 0.3) is 0 Å². The number of nitrogens with two attached hydrogens (primary N) is 1. The molecule has 5 heteroatoms. The van der Waals surface area contributed by atoms with Crippen molar-refractivity contribution in [3.8, 4) is 10.6 Å². The topological polar surface area (TPSA) is 38.9 Å². The fraction of sp³-hybridized carbons (Fsp3) is 0.250. The fourth-order valence-electron chi connectivity index (χ4n) is 1.44. The van der Waals surface area contributed by atoms with Crippen molar-refractivity contribution in [3.05, 3.63) is 33.7 Å². The van der Waals surface area contributed by atoms with Crippen LogP contribution >= 0.6 is 39.0 Å². The van der Waals surface area contributed by atoms with E-state index in [9.17, 15) is 0 Å². The van der Waals surface area contributed by atoms with Gasteiger partial charge in [-0.1, -0.05) is 19.1 Å². The summed E-state index contributed by atoms with van der Waals surface area (Å²) in [6.45, 7) is 2.63. The lowest BCUT2D eigenvalue weighted by molar-refractivity contribution is 1.01. The maximum absolute atomic E-state index is 5.62. The maximum atomic E-state index is 5.62. The van der Waals surface area contributed by atoms with Crippen LogP contribution in [0.3, 0.4) is 0 Å². The van der Waals surface area contributed by atoms with Crippen LogP contribution < -0.4 is 5.73 Å². The van der Waals surface area contributed by atoms with Crippen LogP contribution in [0.5, 0.6) is 0 Å². The van der Waals surface area contributed by atoms with Crippen LogP contribution in [0.4, 0.5) is 0 Å². The Morgan fingerprint density at radius 1 is 1.35 bits per heavy atom. The Morgan fingerprint density at radius 3 is 2.59 bits per heavy atom. The van der Waals surface area contributed by atoms with Crippen molar-refractivity contribution in [3.63, 3.8) is 0 Å². The molecule has 0 unspecified atom stereocenters. The first-order valence-corrected chi connectivity index (χ1v) is 7.92. The van der Waals surface area contributed by atoms with Gasteiger partial charge in [-0.3, -0.25) is 0 Å². The normalized spacial score (nSPS) is 10.8. The molecule has 0 saturated heterocycles. The number of thioether (sulfide) groups is 1. The third-order valence-corrected chi connectivity index (χ3v) is 5.03. The smallest absolute Gasteiger partial charge is 0.124 e. The second-order valence-electron chi connectivity index (χ2n) is 3.40. The zero-order valence-electron chi connectivity index (χ0n) is 9.44. The zero-order valence-corrected chi connectivity index (χ0v) is 12.7. The predicted molar refractivity (Wildman–Crippen MR) is 79.5 cm³/mol. The Kier molecular flexibility index (Phi) is 4.62. The highest BCUT2D eigenvalue weighted by molar-refractivity contribution is 9.11. The SMILES string of the molecule is CCSc1ccc(-c2nc(CN)c(Br)s2)cc1. The number of benzene rings is 1. The third kappa shape index (κ3) is 3.10. The standard InChI is InChI=1S/C12H13BrN2S2/c1-2-16-9-5-3-8(4-6-9)12-15-10(7-14)11(13)17-12/h3-6H,2,7,14H2,1H3. The van der Waals surface area contributed by atoms with Crippen LogP contribution in [0.2, 0.25) is 0 Å². The summed E-state index contributed by atoms with van der Waals surface area (Å²) < 4.78 is 1.03. The zero-order chi connectivity index (χ0) is 12.3. The first-order valence-electron chi connectivity index (χ1n) is 5.33. The number of aromatic nitrogens is 1. The molecule has 2 rings (SSSR count). The number of hydrogen-bond acceptors (Lipinski definition) is 4. The molecule has 2 aromatic rings. The van der Waals surface area contributed by atoms with Crippen LogP contribution in [-0.2, 0) is 6.54 Å².